The highest BCUT2D eigenvalue weighted by molar-refractivity contribution is 5.91. The van der Waals surface area contributed by atoms with E-state index in [4.69, 9.17) is 5.11 Å². The Kier molecular flexibility index (Phi) is 4.39. The molecule has 21 heavy (non-hydrogen) atoms. The van der Waals surface area contributed by atoms with E-state index < -0.39 is 23.4 Å². The third kappa shape index (κ3) is 3.96. The van der Waals surface area contributed by atoms with Crippen molar-refractivity contribution in [1.29, 1.82) is 0 Å². The Labute approximate surface area is 118 Å². The lowest BCUT2D eigenvalue weighted by molar-refractivity contribution is 0.0692. The van der Waals surface area contributed by atoms with Gasteiger partial charge < -0.3 is 15.7 Å². The predicted molar refractivity (Wildman–Crippen MR) is 71.2 cm³/mol. The van der Waals surface area contributed by atoms with Crippen LogP contribution in [-0.4, -0.2) is 27.3 Å². The van der Waals surface area contributed by atoms with E-state index in [0.29, 0.717) is 5.69 Å². The fourth-order valence-electron chi connectivity index (χ4n) is 1.54. The highest BCUT2D eigenvalue weighted by Crippen LogP contribution is 2.14. The molecule has 0 aliphatic carbocycles. The number of benzene rings is 1. The van der Waals surface area contributed by atoms with Crippen LogP contribution in [0.2, 0.25) is 0 Å². The molecule has 0 saturated carbocycles. The average molecular weight is 290 g/mol. The van der Waals surface area contributed by atoms with E-state index in [2.05, 4.69) is 20.8 Å². The number of hydrogen-bond acceptors (Lipinski definition) is 4. The van der Waals surface area contributed by atoms with Gasteiger partial charge in [-0.1, -0.05) is 0 Å². The zero-order valence-electron chi connectivity index (χ0n) is 10.7. The average Bonchev–Trinajstić information content (AvgIpc) is 2.46. The van der Waals surface area contributed by atoms with Crippen LogP contribution in [0.5, 0.6) is 0 Å². The number of hydrogen-bond donors (Lipinski definition) is 3. The summed E-state index contributed by atoms with van der Waals surface area (Å²) in [6.07, 6.45) is 1.51. The summed E-state index contributed by atoms with van der Waals surface area (Å²) in [5, 5.41) is 21.0. The van der Waals surface area contributed by atoms with Crippen molar-refractivity contribution in [2.75, 3.05) is 5.32 Å². The van der Waals surface area contributed by atoms with Crippen LogP contribution in [-0.2, 0) is 6.54 Å². The molecule has 0 spiro atoms. The van der Waals surface area contributed by atoms with Crippen LogP contribution in [0.3, 0.4) is 0 Å². The number of rotatable bonds is 4. The summed E-state index contributed by atoms with van der Waals surface area (Å²) in [5.41, 5.74) is 0.259. The van der Waals surface area contributed by atoms with Crippen molar-refractivity contribution < 1.29 is 19.1 Å². The van der Waals surface area contributed by atoms with Gasteiger partial charge in [-0.2, -0.15) is 10.2 Å². The molecule has 0 aliphatic rings. The van der Waals surface area contributed by atoms with E-state index in [1.165, 1.54) is 12.3 Å². The molecule has 0 fully saturated rings. The Hall–Kier alpha value is -3.03. The van der Waals surface area contributed by atoms with Crippen LogP contribution < -0.4 is 10.6 Å². The number of urea groups is 1. The maximum absolute atomic E-state index is 13.4. The summed E-state index contributed by atoms with van der Waals surface area (Å²) in [6, 6.07) is 6.12. The molecule has 7 nitrogen and oxygen atoms in total. The Balaban J connectivity index is 1.94. The number of aromatic nitrogens is 2. The van der Waals surface area contributed by atoms with Crippen LogP contribution in [0.25, 0.3) is 0 Å². The number of nitrogens with one attached hydrogen (secondary N) is 2. The third-order valence-electron chi connectivity index (χ3n) is 2.51. The highest BCUT2D eigenvalue weighted by atomic mass is 19.1. The van der Waals surface area contributed by atoms with Crippen molar-refractivity contribution in [2.24, 2.45) is 0 Å². The lowest BCUT2D eigenvalue weighted by Crippen LogP contribution is -2.28. The van der Waals surface area contributed by atoms with Crippen molar-refractivity contribution in [1.82, 2.24) is 15.5 Å². The SMILES string of the molecule is O=C(NCc1cccnn1)Nc1ccc(C(=O)O)c(F)c1. The van der Waals surface area contributed by atoms with Crippen molar-refractivity contribution in [2.45, 2.75) is 6.54 Å². The number of nitrogens with zero attached hydrogens (tertiary/aromatic N) is 2. The molecule has 1 aromatic heterocycles. The van der Waals surface area contributed by atoms with Gasteiger partial charge in [0.1, 0.15) is 5.82 Å². The summed E-state index contributed by atoms with van der Waals surface area (Å²) >= 11 is 0. The second-order valence-electron chi connectivity index (χ2n) is 4.02. The number of halogens is 1. The molecular weight excluding hydrogens is 279 g/mol. The molecule has 0 aliphatic heterocycles. The van der Waals surface area contributed by atoms with E-state index in [0.717, 1.165) is 12.1 Å². The molecule has 1 heterocycles. The Morgan fingerprint density at radius 1 is 1.29 bits per heavy atom. The normalized spacial score (nSPS) is 9.95. The lowest BCUT2D eigenvalue weighted by atomic mass is 10.2. The fraction of sp³-hybridized carbons (Fsp3) is 0.0769. The number of carboxylic acids is 1. The van der Waals surface area contributed by atoms with Gasteiger partial charge >= 0.3 is 12.0 Å². The molecule has 1 aromatic carbocycles. The van der Waals surface area contributed by atoms with Crippen molar-refractivity contribution in [3.05, 3.63) is 53.6 Å². The van der Waals surface area contributed by atoms with Gasteiger partial charge in [0.25, 0.3) is 0 Å². The van der Waals surface area contributed by atoms with Gasteiger partial charge in [-0.15, -0.1) is 0 Å². The van der Waals surface area contributed by atoms with Gasteiger partial charge in [-0.25, -0.2) is 14.0 Å². The summed E-state index contributed by atoms with van der Waals surface area (Å²) in [6.45, 7) is 0.162. The maximum Gasteiger partial charge on any atom is 0.338 e. The van der Waals surface area contributed by atoms with E-state index in [-0.39, 0.29) is 12.2 Å². The minimum Gasteiger partial charge on any atom is -0.478 e. The molecule has 8 heteroatoms. The molecule has 0 saturated heterocycles. The van der Waals surface area contributed by atoms with Crippen LogP contribution in [0.1, 0.15) is 16.1 Å². The molecule has 3 N–H and O–H groups in total. The molecule has 2 rings (SSSR count). The first-order valence-electron chi connectivity index (χ1n) is 5.90. The van der Waals surface area contributed by atoms with E-state index >= 15 is 0 Å². The fourth-order valence-corrected chi connectivity index (χ4v) is 1.54. The van der Waals surface area contributed by atoms with Crippen molar-refractivity contribution in [3.8, 4) is 0 Å². The highest BCUT2D eigenvalue weighted by Gasteiger charge is 2.11. The van der Waals surface area contributed by atoms with Crippen LogP contribution >= 0.6 is 0 Å². The van der Waals surface area contributed by atoms with Gasteiger partial charge in [-0.3, -0.25) is 0 Å². The number of carboxylic acid groups (broad SMARTS) is 1. The standard InChI is InChI=1S/C13H11FN4O3/c14-11-6-8(3-4-10(11)12(19)20)17-13(21)15-7-9-2-1-5-16-18-9/h1-6H,7H2,(H,19,20)(H2,15,17,21). The molecular formula is C13H11FN4O3. The number of amides is 2. The maximum atomic E-state index is 13.4. The molecule has 0 radical (unpaired) electrons. The minimum absolute atomic E-state index is 0.147. The van der Waals surface area contributed by atoms with Crippen molar-refractivity contribution in [3.63, 3.8) is 0 Å². The quantitative estimate of drug-likeness (QED) is 0.794. The Morgan fingerprint density at radius 3 is 2.71 bits per heavy atom. The number of carbonyl (C=O) groups is 2. The Morgan fingerprint density at radius 2 is 2.10 bits per heavy atom. The van der Waals surface area contributed by atoms with Gasteiger partial charge in [0, 0.05) is 11.9 Å². The van der Waals surface area contributed by atoms with E-state index in [1.807, 2.05) is 0 Å². The van der Waals surface area contributed by atoms with Crippen LogP contribution in [0, 0.1) is 5.82 Å². The molecule has 2 amide bonds. The first-order valence-corrected chi connectivity index (χ1v) is 5.90. The van der Waals surface area contributed by atoms with Gasteiger partial charge in [-0.05, 0) is 30.3 Å². The van der Waals surface area contributed by atoms with Crippen molar-refractivity contribution >= 4 is 17.7 Å². The molecule has 0 unspecified atom stereocenters. The van der Waals surface area contributed by atoms with E-state index in [1.54, 1.807) is 12.1 Å². The second kappa shape index (κ2) is 6.42. The zero-order valence-corrected chi connectivity index (χ0v) is 10.7. The molecule has 108 valence electrons. The number of carbonyl (C=O) groups excluding carboxylic acids is 1. The molecule has 0 bridgehead atoms. The Bertz CT molecular complexity index is 664. The minimum atomic E-state index is -1.37. The van der Waals surface area contributed by atoms with Gasteiger partial charge in [0.05, 0.1) is 17.8 Å². The summed E-state index contributed by atoms with van der Waals surface area (Å²) in [7, 11) is 0. The van der Waals surface area contributed by atoms with Gasteiger partial charge in [0.15, 0.2) is 0 Å². The van der Waals surface area contributed by atoms with Gasteiger partial charge in [0.2, 0.25) is 0 Å². The smallest absolute Gasteiger partial charge is 0.338 e. The first-order chi connectivity index (χ1) is 10.1. The molecule has 0 atom stereocenters. The summed E-state index contributed by atoms with van der Waals surface area (Å²) in [4.78, 5) is 22.3. The van der Waals surface area contributed by atoms with Crippen LogP contribution in [0.15, 0.2) is 36.5 Å². The second-order valence-corrected chi connectivity index (χ2v) is 4.02. The number of aromatic carboxylic acids is 1. The summed E-state index contributed by atoms with van der Waals surface area (Å²) < 4.78 is 13.4. The lowest BCUT2D eigenvalue weighted by Gasteiger charge is -2.07. The predicted octanol–water partition coefficient (Wildman–Crippen LogP) is 1.64. The molecule has 2 aromatic rings. The summed E-state index contributed by atoms with van der Waals surface area (Å²) in [5.74, 6) is -2.29. The number of anilines is 1. The monoisotopic (exact) mass is 290 g/mol. The van der Waals surface area contributed by atoms with E-state index in [9.17, 15) is 14.0 Å². The van der Waals surface area contributed by atoms with Crippen LogP contribution in [0.4, 0.5) is 14.9 Å². The largest absolute Gasteiger partial charge is 0.478 e. The third-order valence-corrected chi connectivity index (χ3v) is 2.51. The topological polar surface area (TPSA) is 104 Å². The zero-order chi connectivity index (χ0) is 15.2. The first kappa shape index (κ1) is 14.4.